The number of nitrogens with one attached hydrogen (secondary N) is 1. The van der Waals surface area contributed by atoms with Crippen molar-refractivity contribution in [1.29, 1.82) is 0 Å². The smallest absolute Gasteiger partial charge is 0.323 e. The number of anilines is 1. The number of urea groups is 1. The first-order valence-electron chi connectivity index (χ1n) is 6.39. The Balaban J connectivity index is 1.95. The highest BCUT2D eigenvalue weighted by molar-refractivity contribution is 7.98. The van der Waals surface area contributed by atoms with Gasteiger partial charge < -0.3 is 10.0 Å². The first-order chi connectivity index (χ1) is 9.60. The third-order valence-corrected chi connectivity index (χ3v) is 3.98. The highest BCUT2D eigenvalue weighted by Crippen LogP contribution is 2.18. The molecule has 1 unspecified atom stereocenters. The van der Waals surface area contributed by atoms with Gasteiger partial charge in [-0.2, -0.15) is 0 Å². The van der Waals surface area contributed by atoms with Crippen LogP contribution in [0.4, 0.5) is 10.6 Å². The Morgan fingerprint density at radius 1 is 1.50 bits per heavy atom. The molecule has 2 N–H and O–H groups in total. The van der Waals surface area contributed by atoms with E-state index in [4.69, 9.17) is 5.11 Å². The minimum absolute atomic E-state index is 0.254. The second kappa shape index (κ2) is 6.60. The molecule has 20 heavy (non-hydrogen) atoms. The number of carbonyl (C=O) groups excluding carboxylic acids is 1. The number of hydrogen-bond donors (Lipinski definition) is 2. The van der Waals surface area contributed by atoms with Crippen molar-refractivity contribution in [3.05, 3.63) is 18.3 Å². The number of carboxylic acid groups (broad SMARTS) is 1. The maximum Gasteiger partial charge on any atom is 0.323 e. The molecule has 6 nitrogen and oxygen atoms in total. The Bertz CT molecular complexity index is 492. The molecule has 0 spiro atoms. The van der Waals surface area contributed by atoms with Gasteiger partial charge in [-0.05, 0) is 31.2 Å². The minimum Gasteiger partial charge on any atom is -0.481 e. The molecule has 0 bridgehead atoms. The maximum atomic E-state index is 12.1. The number of carbonyl (C=O) groups is 2. The second-order valence-electron chi connectivity index (χ2n) is 4.64. The number of rotatable bonds is 3. The molecule has 0 radical (unpaired) electrons. The van der Waals surface area contributed by atoms with Crippen LogP contribution in [-0.4, -0.2) is 46.3 Å². The first-order valence-corrected chi connectivity index (χ1v) is 7.61. The molecule has 1 atom stereocenters. The maximum absolute atomic E-state index is 12.1. The normalized spacial score (nSPS) is 18.6. The van der Waals surface area contributed by atoms with E-state index in [9.17, 15) is 9.59 Å². The number of aliphatic carboxylic acids is 1. The van der Waals surface area contributed by atoms with Gasteiger partial charge in [0.2, 0.25) is 0 Å². The number of thioether (sulfide) groups is 1. The van der Waals surface area contributed by atoms with Gasteiger partial charge in [0.15, 0.2) is 0 Å². The second-order valence-corrected chi connectivity index (χ2v) is 5.52. The first kappa shape index (κ1) is 14.6. The van der Waals surface area contributed by atoms with Gasteiger partial charge in [0, 0.05) is 24.2 Å². The summed E-state index contributed by atoms with van der Waals surface area (Å²) in [5, 5.41) is 11.7. The topological polar surface area (TPSA) is 82.5 Å². The van der Waals surface area contributed by atoms with E-state index in [0.29, 0.717) is 25.2 Å². The Labute approximate surface area is 121 Å². The largest absolute Gasteiger partial charge is 0.481 e. The molecule has 2 heterocycles. The molecule has 1 fully saturated rings. The third kappa shape index (κ3) is 3.63. The molecule has 1 aliphatic rings. The van der Waals surface area contributed by atoms with E-state index in [1.165, 1.54) is 4.90 Å². The van der Waals surface area contributed by atoms with Crippen LogP contribution in [-0.2, 0) is 4.79 Å². The molecular weight excluding hydrogens is 278 g/mol. The monoisotopic (exact) mass is 295 g/mol. The van der Waals surface area contributed by atoms with Crippen molar-refractivity contribution >= 4 is 29.6 Å². The Hall–Kier alpha value is -1.76. The molecule has 1 aromatic rings. The van der Waals surface area contributed by atoms with E-state index < -0.39 is 11.9 Å². The van der Waals surface area contributed by atoms with Gasteiger partial charge in [0.05, 0.1) is 5.92 Å². The quantitative estimate of drug-likeness (QED) is 0.835. The zero-order valence-corrected chi connectivity index (χ0v) is 12.0. The number of aromatic nitrogens is 1. The van der Waals surface area contributed by atoms with Crippen LogP contribution in [0.5, 0.6) is 0 Å². The summed E-state index contributed by atoms with van der Waals surface area (Å²) in [6.45, 7) is 0.836. The lowest BCUT2D eigenvalue weighted by molar-refractivity contribution is -0.143. The van der Waals surface area contributed by atoms with E-state index >= 15 is 0 Å². The molecule has 1 aliphatic heterocycles. The van der Waals surface area contributed by atoms with Gasteiger partial charge in [-0.25, -0.2) is 9.78 Å². The Morgan fingerprint density at radius 2 is 2.30 bits per heavy atom. The number of carboxylic acids is 1. The number of pyridine rings is 1. The average Bonchev–Trinajstić information content (AvgIpc) is 2.48. The summed E-state index contributed by atoms with van der Waals surface area (Å²) < 4.78 is 0. The molecule has 1 aromatic heterocycles. The molecule has 2 rings (SSSR count). The minimum atomic E-state index is -0.843. The molecule has 2 amide bonds. The summed E-state index contributed by atoms with van der Waals surface area (Å²) in [4.78, 5) is 29.7. The van der Waals surface area contributed by atoms with Crippen molar-refractivity contribution in [2.45, 2.75) is 17.7 Å². The number of amides is 2. The van der Waals surface area contributed by atoms with Gasteiger partial charge in [0.1, 0.15) is 5.82 Å². The molecule has 108 valence electrons. The molecule has 0 saturated carbocycles. The lowest BCUT2D eigenvalue weighted by Crippen LogP contribution is -2.44. The van der Waals surface area contributed by atoms with E-state index in [1.807, 2.05) is 12.3 Å². The summed E-state index contributed by atoms with van der Waals surface area (Å²) in [5.41, 5.74) is 0. The standard InChI is InChI=1S/C13H17N3O3S/c1-20-10-4-5-11(14-7-10)15-13(19)16-6-2-3-9(8-16)12(17)18/h4-5,7,9H,2-3,6,8H2,1H3,(H,17,18)(H,14,15,19). The van der Waals surface area contributed by atoms with Gasteiger partial charge >= 0.3 is 12.0 Å². The molecule has 7 heteroatoms. The van der Waals surface area contributed by atoms with E-state index in [0.717, 1.165) is 4.90 Å². The van der Waals surface area contributed by atoms with Crippen LogP contribution in [0, 0.1) is 5.92 Å². The lowest BCUT2D eigenvalue weighted by Gasteiger charge is -2.30. The van der Waals surface area contributed by atoms with Crippen LogP contribution >= 0.6 is 11.8 Å². The molecule has 0 aliphatic carbocycles. The van der Waals surface area contributed by atoms with Crippen molar-refractivity contribution in [1.82, 2.24) is 9.88 Å². The molecule has 1 saturated heterocycles. The van der Waals surface area contributed by atoms with Gasteiger partial charge in [-0.3, -0.25) is 10.1 Å². The predicted molar refractivity (Wildman–Crippen MR) is 77.0 cm³/mol. The number of likely N-dealkylation sites (tertiary alicyclic amines) is 1. The van der Waals surface area contributed by atoms with Crippen LogP contribution < -0.4 is 5.32 Å². The summed E-state index contributed by atoms with van der Waals surface area (Å²) in [5.74, 6) is -0.837. The number of hydrogen-bond acceptors (Lipinski definition) is 4. The van der Waals surface area contributed by atoms with Crippen molar-refractivity contribution in [3.8, 4) is 0 Å². The highest BCUT2D eigenvalue weighted by atomic mass is 32.2. The Morgan fingerprint density at radius 3 is 2.90 bits per heavy atom. The third-order valence-electron chi connectivity index (χ3n) is 3.26. The zero-order valence-electron chi connectivity index (χ0n) is 11.2. The van der Waals surface area contributed by atoms with Crippen LogP contribution in [0.15, 0.2) is 23.2 Å². The predicted octanol–water partition coefficient (Wildman–Crippen LogP) is 2.13. The summed E-state index contributed by atoms with van der Waals surface area (Å²) in [7, 11) is 0. The lowest BCUT2D eigenvalue weighted by atomic mass is 9.99. The van der Waals surface area contributed by atoms with E-state index in [1.54, 1.807) is 24.0 Å². The van der Waals surface area contributed by atoms with Gasteiger partial charge in [0.25, 0.3) is 0 Å². The zero-order chi connectivity index (χ0) is 14.5. The van der Waals surface area contributed by atoms with Crippen LogP contribution in [0.3, 0.4) is 0 Å². The fourth-order valence-electron chi connectivity index (χ4n) is 2.13. The van der Waals surface area contributed by atoms with Crippen molar-refractivity contribution in [2.24, 2.45) is 5.92 Å². The van der Waals surface area contributed by atoms with Crippen molar-refractivity contribution in [3.63, 3.8) is 0 Å². The fraction of sp³-hybridized carbons (Fsp3) is 0.462. The highest BCUT2D eigenvalue weighted by Gasteiger charge is 2.28. The summed E-state index contributed by atoms with van der Waals surface area (Å²) in [6.07, 6.45) is 4.98. The Kier molecular flexibility index (Phi) is 4.84. The van der Waals surface area contributed by atoms with Crippen LogP contribution in [0.1, 0.15) is 12.8 Å². The fourth-order valence-corrected chi connectivity index (χ4v) is 2.49. The SMILES string of the molecule is CSc1ccc(NC(=O)N2CCCC(C(=O)O)C2)nc1. The van der Waals surface area contributed by atoms with E-state index in [-0.39, 0.29) is 12.6 Å². The van der Waals surface area contributed by atoms with Crippen molar-refractivity contribution in [2.75, 3.05) is 24.7 Å². The van der Waals surface area contributed by atoms with E-state index in [2.05, 4.69) is 10.3 Å². The number of nitrogens with zero attached hydrogens (tertiary/aromatic N) is 2. The summed E-state index contributed by atoms with van der Waals surface area (Å²) in [6, 6.07) is 3.33. The average molecular weight is 295 g/mol. The van der Waals surface area contributed by atoms with Crippen molar-refractivity contribution < 1.29 is 14.7 Å². The summed E-state index contributed by atoms with van der Waals surface area (Å²) >= 11 is 1.58. The van der Waals surface area contributed by atoms with Gasteiger partial charge in [-0.1, -0.05) is 0 Å². The number of piperidine rings is 1. The molecular formula is C13H17N3O3S. The molecule has 0 aromatic carbocycles. The van der Waals surface area contributed by atoms with Gasteiger partial charge in [-0.15, -0.1) is 11.8 Å². The van der Waals surface area contributed by atoms with Crippen LogP contribution in [0.25, 0.3) is 0 Å². The van der Waals surface area contributed by atoms with Crippen LogP contribution in [0.2, 0.25) is 0 Å².